The fraction of sp³-hybridized carbons (Fsp3) is 0.312. The second kappa shape index (κ2) is 12.1. The van der Waals surface area contributed by atoms with Crippen LogP contribution >= 0.6 is 0 Å². The predicted octanol–water partition coefficient (Wildman–Crippen LogP) is 6.37. The summed E-state index contributed by atoms with van der Waals surface area (Å²) in [5.41, 5.74) is 2.60. The van der Waals surface area contributed by atoms with Gasteiger partial charge in [-0.15, -0.1) is 0 Å². The molecule has 0 bridgehead atoms. The lowest BCUT2D eigenvalue weighted by molar-refractivity contribution is 0.0210. The third-order valence-corrected chi connectivity index (χ3v) is 7.09. The van der Waals surface area contributed by atoms with Gasteiger partial charge in [0.05, 0.1) is 22.7 Å². The number of nitriles is 1. The van der Waals surface area contributed by atoms with E-state index in [-0.39, 0.29) is 12.1 Å². The highest BCUT2D eigenvalue weighted by Gasteiger charge is 2.27. The number of hydrogen-bond donors (Lipinski definition) is 3. The van der Waals surface area contributed by atoms with Crippen LogP contribution in [-0.2, 0) is 11.2 Å². The van der Waals surface area contributed by atoms with Crippen LogP contribution in [0.15, 0.2) is 54.6 Å². The average molecular weight is 587 g/mol. The van der Waals surface area contributed by atoms with Crippen LogP contribution in [0.2, 0.25) is 0 Å². The highest BCUT2D eigenvalue weighted by molar-refractivity contribution is 6.10. The van der Waals surface area contributed by atoms with E-state index in [0.29, 0.717) is 71.5 Å². The van der Waals surface area contributed by atoms with Crippen molar-refractivity contribution in [1.82, 2.24) is 15.1 Å². The lowest BCUT2D eigenvalue weighted by atomic mass is 10.0. The molecular weight excluding hydrogens is 554 g/mol. The van der Waals surface area contributed by atoms with Crippen molar-refractivity contribution in [2.45, 2.75) is 51.7 Å². The molecule has 0 aliphatic carbocycles. The summed E-state index contributed by atoms with van der Waals surface area (Å²) < 4.78 is 32.9. The van der Waals surface area contributed by atoms with Crippen molar-refractivity contribution in [2.75, 3.05) is 23.7 Å². The molecule has 0 unspecified atom stereocenters. The Morgan fingerprint density at radius 2 is 1.77 bits per heavy atom. The summed E-state index contributed by atoms with van der Waals surface area (Å²) in [7, 11) is 0. The van der Waals surface area contributed by atoms with Crippen molar-refractivity contribution >= 4 is 34.4 Å². The predicted molar refractivity (Wildman–Crippen MR) is 159 cm³/mol. The molecule has 5 rings (SSSR count). The molecule has 0 radical (unpaired) electrons. The monoisotopic (exact) mass is 586 g/mol. The van der Waals surface area contributed by atoms with E-state index in [1.54, 1.807) is 29.2 Å². The van der Waals surface area contributed by atoms with E-state index in [1.807, 2.05) is 32.9 Å². The van der Waals surface area contributed by atoms with Crippen molar-refractivity contribution in [1.29, 1.82) is 5.26 Å². The quantitative estimate of drug-likeness (QED) is 0.241. The standard InChI is InChI=1S/C32H32F2N6O3/c1-32(2,3)43-31(42)40-10-8-24(9-11-40)36-28-16-20(18-35)4-6-25(28)30(41)37-29-26-15-19(5-7-27(26)38-39-29)12-21-13-22(33)17-23(34)14-21/h4-7,13-17,24,36H,8-12H2,1-3H3,(H2,37,38,39,41). The zero-order valence-corrected chi connectivity index (χ0v) is 24.1. The molecule has 3 aromatic carbocycles. The molecule has 43 heavy (non-hydrogen) atoms. The average Bonchev–Trinajstić information content (AvgIpc) is 3.33. The number of piperidine rings is 1. The smallest absolute Gasteiger partial charge is 0.410 e. The number of carbonyl (C=O) groups excluding carboxylic acids is 2. The Kier molecular flexibility index (Phi) is 8.30. The summed E-state index contributed by atoms with van der Waals surface area (Å²) in [4.78, 5) is 27.6. The minimum atomic E-state index is -0.646. The number of aromatic amines is 1. The Morgan fingerprint density at radius 1 is 1.05 bits per heavy atom. The maximum absolute atomic E-state index is 13.7. The number of nitrogens with zero attached hydrogens (tertiary/aromatic N) is 3. The minimum Gasteiger partial charge on any atom is -0.444 e. The molecule has 2 amide bonds. The Morgan fingerprint density at radius 3 is 2.44 bits per heavy atom. The van der Waals surface area contributed by atoms with Crippen LogP contribution in [0, 0.1) is 23.0 Å². The van der Waals surface area contributed by atoms with Gasteiger partial charge < -0.3 is 20.3 Å². The van der Waals surface area contributed by atoms with Crippen LogP contribution in [0.5, 0.6) is 0 Å². The Balaban J connectivity index is 1.31. The van der Waals surface area contributed by atoms with Gasteiger partial charge in [-0.2, -0.15) is 10.4 Å². The number of ether oxygens (including phenoxy) is 1. The van der Waals surface area contributed by atoms with Gasteiger partial charge in [0, 0.05) is 36.3 Å². The molecule has 1 saturated heterocycles. The lowest BCUT2D eigenvalue weighted by Gasteiger charge is -2.34. The van der Waals surface area contributed by atoms with Crippen molar-refractivity contribution in [3.63, 3.8) is 0 Å². The van der Waals surface area contributed by atoms with E-state index in [1.165, 1.54) is 12.1 Å². The first-order valence-corrected chi connectivity index (χ1v) is 14.0. The molecular formula is C32H32F2N6O3. The summed E-state index contributed by atoms with van der Waals surface area (Å²) in [6, 6.07) is 15.7. The summed E-state index contributed by atoms with van der Waals surface area (Å²) in [5.74, 6) is -1.42. The molecule has 9 nitrogen and oxygen atoms in total. The number of H-pyrrole nitrogens is 1. The molecule has 0 saturated carbocycles. The Bertz CT molecular complexity index is 1690. The van der Waals surface area contributed by atoms with E-state index in [2.05, 4.69) is 26.9 Å². The van der Waals surface area contributed by atoms with Crippen LogP contribution in [-0.4, -0.2) is 51.8 Å². The number of carbonyl (C=O) groups is 2. The number of nitrogens with one attached hydrogen (secondary N) is 3. The highest BCUT2D eigenvalue weighted by Crippen LogP contribution is 2.27. The van der Waals surface area contributed by atoms with Crippen LogP contribution in [0.1, 0.15) is 60.7 Å². The molecule has 11 heteroatoms. The topological polar surface area (TPSA) is 123 Å². The second-order valence-electron chi connectivity index (χ2n) is 11.6. The largest absolute Gasteiger partial charge is 0.444 e. The third kappa shape index (κ3) is 7.27. The molecule has 0 spiro atoms. The van der Waals surface area contributed by atoms with Gasteiger partial charge in [-0.25, -0.2) is 13.6 Å². The Labute approximate surface area is 247 Å². The fourth-order valence-corrected chi connectivity index (χ4v) is 5.07. The van der Waals surface area contributed by atoms with Crippen molar-refractivity contribution in [3.05, 3.63) is 88.5 Å². The molecule has 1 aromatic heterocycles. The number of rotatable bonds is 6. The number of amides is 2. The Hall–Kier alpha value is -4.98. The van der Waals surface area contributed by atoms with E-state index < -0.39 is 23.1 Å². The summed E-state index contributed by atoms with van der Waals surface area (Å²) >= 11 is 0. The zero-order valence-electron chi connectivity index (χ0n) is 24.1. The molecule has 222 valence electrons. The number of anilines is 2. The number of halogens is 2. The van der Waals surface area contributed by atoms with E-state index >= 15 is 0 Å². The number of aromatic nitrogens is 2. The van der Waals surface area contributed by atoms with Crippen LogP contribution in [0.3, 0.4) is 0 Å². The van der Waals surface area contributed by atoms with Gasteiger partial charge in [0.2, 0.25) is 0 Å². The van der Waals surface area contributed by atoms with Gasteiger partial charge in [0.1, 0.15) is 17.2 Å². The summed E-state index contributed by atoms with van der Waals surface area (Å²) in [6.45, 7) is 6.47. The molecule has 1 aliphatic rings. The summed E-state index contributed by atoms with van der Waals surface area (Å²) in [6.07, 6.45) is 1.22. The first-order valence-electron chi connectivity index (χ1n) is 14.0. The maximum Gasteiger partial charge on any atom is 0.410 e. The van der Waals surface area contributed by atoms with E-state index in [4.69, 9.17) is 4.74 Å². The SMILES string of the molecule is CC(C)(C)OC(=O)N1CCC(Nc2cc(C#N)ccc2C(=O)Nc2n[nH]c3ccc(Cc4cc(F)cc(F)c4)cc23)CC1. The highest BCUT2D eigenvalue weighted by atomic mass is 19.1. The zero-order chi connectivity index (χ0) is 30.7. The molecule has 0 atom stereocenters. The van der Waals surface area contributed by atoms with Gasteiger partial charge >= 0.3 is 6.09 Å². The van der Waals surface area contributed by atoms with Gasteiger partial charge in [0.25, 0.3) is 5.91 Å². The normalized spacial score (nSPS) is 13.9. The van der Waals surface area contributed by atoms with Crippen molar-refractivity contribution in [3.8, 4) is 6.07 Å². The van der Waals surface area contributed by atoms with Crippen molar-refractivity contribution in [2.24, 2.45) is 0 Å². The van der Waals surface area contributed by atoms with Gasteiger partial charge in [-0.1, -0.05) is 6.07 Å². The number of benzene rings is 3. The van der Waals surface area contributed by atoms with Gasteiger partial charge in [-0.05, 0) is 93.6 Å². The third-order valence-electron chi connectivity index (χ3n) is 7.09. The van der Waals surface area contributed by atoms with Crippen LogP contribution < -0.4 is 10.6 Å². The van der Waals surface area contributed by atoms with Crippen LogP contribution in [0.4, 0.5) is 25.1 Å². The van der Waals surface area contributed by atoms with Gasteiger partial charge in [0.15, 0.2) is 5.82 Å². The molecule has 4 aromatic rings. The molecule has 2 heterocycles. The fourth-order valence-electron chi connectivity index (χ4n) is 5.07. The second-order valence-corrected chi connectivity index (χ2v) is 11.6. The van der Waals surface area contributed by atoms with E-state index in [0.717, 1.165) is 11.6 Å². The first kappa shape index (κ1) is 29.5. The summed E-state index contributed by atoms with van der Waals surface area (Å²) in [5, 5.41) is 23.5. The van der Waals surface area contributed by atoms with E-state index in [9.17, 15) is 23.6 Å². The number of hydrogen-bond acceptors (Lipinski definition) is 6. The first-order chi connectivity index (χ1) is 20.5. The molecule has 1 aliphatic heterocycles. The molecule has 3 N–H and O–H groups in total. The maximum atomic E-state index is 13.7. The van der Waals surface area contributed by atoms with Crippen molar-refractivity contribution < 1.29 is 23.1 Å². The minimum absolute atomic E-state index is 0.0272. The van der Waals surface area contributed by atoms with Gasteiger partial charge in [-0.3, -0.25) is 9.89 Å². The number of likely N-dealkylation sites (tertiary alicyclic amines) is 1. The van der Waals surface area contributed by atoms with Crippen LogP contribution in [0.25, 0.3) is 10.9 Å². The number of fused-ring (bicyclic) bond motifs is 1. The molecule has 1 fully saturated rings. The lowest BCUT2D eigenvalue weighted by Crippen LogP contribution is -2.44.